The third kappa shape index (κ3) is 4.82. The van der Waals surface area contributed by atoms with E-state index in [-0.39, 0.29) is 17.3 Å². The fourth-order valence-corrected chi connectivity index (χ4v) is 2.89. The van der Waals surface area contributed by atoms with Gasteiger partial charge >= 0.3 is 6.03 Å². The van der Waals surface area contributed by atoms with Crippen LogP contribution >= 0.6 is 0 Å². The number of methoxy groups -OCH3 is 1. The number of rotatable bonds is 3. The molecule has 0 saturated carbocycles. The molecule has 1 fully saturated rings. The molecule has 0 aromatic heterocycles. The highest BCUT2D eigenvalue weighted by atomic mass is 16.6. The normalized spacial score (nSPS) is 16.2. The maximum atomic E-state index is 12.6. The Bertz CT molecular complexity index is 642. The largest absolute Gasteiger partial charge is 0.495 e. The number of carbonyl (C=O) groups excluding carboxylic acids is 1. The summed E-state index contributed by atoms with van der Waals surface area (Å²) in [5, 5.41) is 13.7. The average Bonchev–Trinajstić information content (AvgIpc) is 2.80. The SMILES string of the molecule is COc1ccc([N+](=O)[O-])cc1NC(=O)N1CCCN(C(C)(C)C)CC1. The molecule has 1 aromatic rings. The van der Waals surface area contributed by atoms with Crippen molar-refractivity contribution in [1.82, 2.24) is 9.80 Å². The molecule has 0 radical (unpaired) electrons. The van der Waals surface area contributed by atoms with Crippen LogP contribution in [0.25, 0.3) is 0 Å². The highest BCUT2D eigenvalue weighted by molar-refractivity contribution is 5.91. The van der Waals surface area contributed by atoms with Crippen molar-refractivity contribution in [2.24, 2.45) is 0 Å². The number of nitro groups is 1. The predicted octanol–water partition coefficient (Wildman–Crippen LogP) is 2.94. The van der Waals surface area contributed by atoms with Gasteiger partial charge < -0.3 is 15.0 Å². The summed E-state index contributed by atoms with van der Waals surface area (Å²) < 4.78 is 5.19. The van der Waals surface area contributed by atoms with Gasteiger partial charge in [0.2, 0.25) is 0 Å². The fraction of sp³-hybridized carbons (Fsp3) is 0.588. The lowest BCUT2D eigenvalue weighted by Gasteiger charge is -2.34. The van der Waals surface area contributed by atoms with Crippen LogP contribution in [-0.2, 0) is 0 Å². The molecule has 1 saturated heterocycles. The summed E-state index contributed by atoms with van der Waals surface area (Å²) in [6.45, 7) is 9.48. The Kier molecular flexibility index (Phi) is 5.84. The van der Waals surface area contributed by atoms with Crippen LogP contribution in [0.4, 0.5) is 16.2 Å². The number of anilines is 1. The molecule has 8 heteroatoms. The van der Waals surface area contributed by atoms with E-state index in [4.69, 9.17) is 4.74 Å². The number of nitro benzene ring substituents is 1. The second kappa shape index (κ2) is 7.69. The van der Waals surface area contributed by atoms with Gasteiger partial charge in [0.1, 0.15) is 5.75 Å². The van der Waals surface area contributed by atoms with Crippen LogP contribution in [0, 0.1) is 10.1 Å². The van der Waals surface area contributed by atoms with Gasteiger partial charge in [-0.1, -0.05) is 0 Å². The Hall–Kier alpha value is -2.35. The van der Waals surface area contributed by atoms with Crippen molar-refractivity contribution in [3.05, 3.63) is 28.3 Å². The minimum absolute atomic E-state index is 0.0652. The lowest BCUT2D eigenvalue weighted by Crippen LogP contribution is -2.44. The van der Waals surface area contributed by atoms with E-state index in [9.17, 15) is 14.9 Å². The monoisotopic (exact) mass is 350 g/mol. The fourth-order valence-electron chi connectivity index (χ4n) is 2.89. The first-order chi connectivity index (χ1) is 11.7. The molecular formula is C17H26N4O4. The summed E-state index contributed by atoms with van der Waals surface area (Å²) in [5.74, 6) is 0.394. The second-order valence-corrected chi connectivity index (χ2v) is 7.07. The van der Waals surface area contributed by atoms with Crippen LogP contribution < -0.4 is 10.1 Å². The number of urea groups is 1. The van der Waals surface area contributed by atoms with Crippen molar-refractivity contribution >= 4 is 17.4 Å². The molecule has 8 nitrogen and oxygen atoms in total. The summed E-state index contributed by atoms with van der Waals surface area (Å²) in [6.07, 6.45) is 0.886. The Labute approximate surface area is 147 Å². The molecule has 0 unspecified atom stereocenters. The minimum Gasteiger partial charge on any atom is -0.495 e. The van der Waals surface area contributed by atoms with Gasteiger partial charge in [0, 0.05) is 43.9 Å². The molecule has 1 heterocycles. The molecule has 25 heavy (non-hydrogen) atoms. The molecule has 2 rings (SSSR count). The first kappa shape index (κ1) is 19.0. The Morgan fingerprint density at radius 1 is 1.24 bits per heavy atom. The van der Waals surface area contributed by atoms with Gasteiger partial charge in [-0.3, -0.25) is 15.0 Å². The van der Waals surface area contributed by atoms with Crippen LogP contribution in [0.15, 0.2) is 18.2 Å². The van der Waals surface area contributed by atoms with Crippen molar-refractivity contribution in [3.8, 4) is 5.75 Å². The number of ether oxygens (including phenoxy) is 1. The number of hydrogen-bond donors (Lipinski definition) is 1. The third-order valence-electron chi connectivity index (χ3n) is 4.37. The molecule has 138 valence electrons. The van der Waals surface area contributed by atoms with Crippen molar-refractivity contribution in [2.45, 2.75) is 32.7 Å². The lowest BCUT2D eigenvalue weighted by atomic mass is 10.1. The maximum absolute atomic E-state index is 12.6. The summed E-state index contributed by atoms with van der Waals surface area (Å²) in [4.78, 5) is 27.1. The lowest BCUT2D eigenvalue weighted by molar-refractivity contribution is -0.384. The number of nitrogens with zero attached hydrogens (tertiary/aromatic N) is 3. The second-order valence-electron chi connectivity index (χ2n) is 7.07. The van der Waals surface area contributed by atoms with E-state index in [0.29, 0.717) is 24.5 Å². The highest BCUT2D eigenvalue weighted by Gasteiger charge is 2.26. The molecule has 1 aromatic carbocycles. The van der Waals surface area contributed by atoms with Crippen molar-refractivity contribution in [3.63, 3.8) is 0 Å². The van der Waals surface area contributed by atoms with E-state index in [1.807, 2.05) is 0 Å². The Balaban J connectivity index is 2.09. The molecule has 0 spiro atoms. The van der Waals surface area contributed by atoms with Gasteiger partial charge in [0.25, 0.3) is 5.69 Å². The van der Waals surface area contributed by atoms with E-state index in [1.165, 1.54) is 25.3 Å². The standard InChI is InChI=1S/C17H26N4O4/c1-17(2,3)20-9-5-8-19(10-11-20)16(22)18-14-12-13(21(23)24)6-7-15(14)25-4/h6-7,12H,5,8-11H2,1-4H3,(H,18,22). The number of benzene rings is 1. The molecule has 1 N–H and O–H groups in total. The van der Waals surface area contributed by atoms with Gasteiger partial charge in [-0.25, -0.2) is 4.79 Å². The van der Waals surface area contributed by atoms with Gasteiger partial charge in [-0.05, 0) is 33.3 Å². The smallest absolute Gasteiger partial charge is 0.321 e. The van der Waals surface area contributed by atoms with Gasteiger partial charge in [-0.2, -0.15) is 0 Å². The zero-order valence-electron chi connectivity index (χ0n) is 15.2. The minimum atomic E-state index is -0.498. The quantitative estimate of drug-likeness (QED) is 0.669. The van der Waals surface area contributed by atoms with Crippen molar-refractivity contribution in [1.29, 1.82) is 0 Å². The molecule has 0 aliphatic carbocycles. The molecule has 1 aliphatic heterocycles. The van der Waals surface area contributed by atoms with Crippen molar-refractivity contribution < 1.29 is 14.5 Å². The number of amides is 2. The Morgan fingerprint density at radius 3 is 2.56 bits per heavy atom. The molecule has 1 aliphatic rings. The van der Waals surface area contributed by atoms with Gasteiger partial charge in [-0.15, -0.1) is 0 Å². The zero-order chi connectivity index (χ0) is 18.6. The van der Waals surface area contributed by atoms with Crippen LogP contribution in [0.3, 0.4) is 0 Å². The van der Waals surface area contributed by atoms with Crippen molar-refractivity contribution in [2.75, 3.05) is 38.6 Å². The third-order valence-corrected chi connectivity index (χ3v) is 4.37. The highest BCUT2D eigenvalue weighted by Crippen LogP contribution is 2.29. The first-order valence-electron chi connectivity index (χ1n) is 8.36. The first-order valence-corrected chi connectivity index (χ1v) is 8.36. The maximum Gasteiger partial charge on any atom is 0.321 e. The van der Waals surface area contributed by atoms with Crippen LogP contribution in [0.1, 0.15) is 27.2 Å². The van der Waals surface area contributed by atoms with E-state index in [1.54, 1.807) is 4.90 Å². The number of hydrogen-bond acceptors (Lipinski definition) is 5. The van der Waals surface area contributed by atoms with E-state index in [2.05, 4.69) is 31.0 Å². The van der Waals surface area contributed by atoms with Crippen LogP contribution in [-0.4, -0.2) is 59.6 Å². The molecule has 2 amide bonds. The summed E-state index contributed by atoms with van der Waals surface area (Å²) in [5.41, 5.74) is 0.278. The zero-order valence-corrected chi connectivity index (χ0v) is 15.2. The predicted molar refractivity (Wildman–Crippen MR) is 96.2 cm³/mol. The molecular weight excluding hydrogens is 324 g/mol. The number of nitrogens with one attached hydrogen (secondary N) is 1. The average molecular weight is 350 g/mol. The van der Waals surface area contributed by atoms with Gasteiger partial charge in [0.15, 0.2) is 0 Å². The molecule has 0 atom stereocenters. The van der Waals surface area contributed by atoms with Crippen LogP contribution in [0.5, 0.6) is 5.75 Å². The summed E-state index contributed by atoms with van der Waals surface area (Å²) >= 11 is 0. The Morgan fingerprint density at radius 2 is 1.96 bits per heavy atom. The van der Waals surface area contributed by atoms with Gasteiger partial charge in [0.05, 0.1) is 17.7 Å². The van der Waals surface area contributed by atoms with Crippen LogP contribution in [0.2, 0.25) is 0 Å². The van der Waals surface area contributed by atoms with E-state index < -0.39 is 4.92 Å². The number of non-ortho nitro benzene ring substituents is 1. The molecule has 0 bridgehead atoms. The summed E-state index contributed by atoms with van der Waals surface area (Å²) in [7, 11) is 1.46. The number of carbonyl (C=O) groups is 1. The summed E-state index contributed by atoms with van der Waals surface area (Å²) in [6, 6.07) is 3.88. The van der Waals surface area contributed by atoms with E-state index >= 15 is 0 Å². The topological polar surface area (TPSA) is 87.9 Å². The van der Waals surface area contributed by atoms with E-state index in [0.717, 1.165) is 19.5 Å².